The number of nitrogens with one attached hydrogen (secondary N) is 2. The standard InChI is InChI=1S/C25H26FN3O3S/c26-21-11-9-20(10-12-21)19-28-15-14-27-16-18-32-25-8-4-7-24-23(25)13-17-29(24)33(30,31)22-5-2-1-3-6-22/h1-13,17,27-28H,14-16,18-19H2. The molecule has 1 aromatic heterocycles. The minimum Gasteiger partial charge on any atom is -0.492 e. The zero-order valence-electron chi connectivity index (χ0n) is 18.1. The lowest BCUT2D eigenvalue weighted by Gasteiger charge is -2.11. The Bertz CT molecular complexity index is 1290. The zero-order valence-corrected chi connectivity index (χ0v) is 18.9. The summed E-state index contributed by atoms with van der Waals surface area (Å²) < 4.78 is 46.1. The van der Waals surface area contributed by atoms with Crippen LogP contribution in [-0.2, 0) is 16.6 Å². The molecule has 0 unspecified atom stereocenters. The molecule has 3 aromatic carbocycles. The molecule has 0 spiro atoms. The van der Waals surface area contributed by atoms with Crippen LogP contribution < -0.4 is 15.4 Å². The zero-order chi connectivity index (χ0) is 23.1. The minimum atomic E-state index is -3.68. The summed E-state index contributed by atoms with van der Waals surface area (Å²) in [5.41, 5.74) is 1.61. The molecule has 33 heavy (non-hydrogen) atoms. The number of aromatic nitrogens is 1. The molecule has 0 atom stereocenters. The van der Waals surface area contributed by atoms with Gasteiger partial charge in [-0.05, 0) is 48.0 Å². The van der Waals surface area contributed by atoms with Crippen LogP contribution >= 0.6 is 0 Å². The average molecular weight is 468 g/mol. The second kappa shape index (κ2) is 10.6. The van der Waals surface area contributed by atoms with Crippen molar-refractivity contribution in [2.24, 2.45) is 0 Å². The first-order chi connectivity index (χ1) is 16.1. The van der Waals surface area contributed by atoms with E-state index in [1.54, 1.807) is 66.9 Å². The van der Waals surface area contributed by atoms with Crippen LogP contribution in [0, 0.1) is 5.82 Å². The third-order valence-electron chi connectivity index (χ3n) is 5.21. The normalized spacial score (nSPS) is 11.7. The Morgan fingerprint density at radius 3 is 2.36 bits per heavy atom. The highest BCUT2D eigenvalue weighted by Crippen LogP contribution is 2.29. The molecule has 8 heteroatoms. The van der Waals surface area contributed by atoms with Crippen LogP contribution in [0.2, 0.25) is 0 Å². The maximum Gasteiger partial charge on any atom is 0.268 e. The van der Waals surface area contributed by atoms with Crippen molar-refractivity contribution in [2.75, 3.05) is 26.2 Å². The summed E-state index contributed by atoms with van der Waals surface area (Å²) in [5, 5.41) is 7.35. The van der Waals surface area contributed by atoms with Crippen molar-refractivity contribution in [3.05, 3.63) is 96.4 Å². The van der Waals surface area contributed by atoms with Crippen LogP contribution in [0.3, 0.4) is 0 Å². The minimum absolute atomic E-state index is 0.231. The van der Waals surface area contributed by atoms with Crippen molar-refractivity contribution in [1.82, 2.24) is 14.6 Å². The maximum atomic E-state index is 13.0. The van der Waals surface area contributed by atoms with Crippen molar-refractivity contribution in [3.63, 3.8) is 0 Å². The molecule has 0 saturated heterocycles. The van der Waals surface area contributed by atoms with E-state index in [-0.39, 0.29) is 10.7 Å². The van der Waals surface area contributed by atoms with E-state index in [4.69, 9.17) is 4.74 Å². The maximum absolute atomic E-state index is 13.0. The van der Waals surface area contributed by atoms with Gasteiger partial charge in [-0.25, -0.2) is 16.8 Å². The monoisotopic (exact) mass is 467 g/mol. The molecule has 0 bridgehead atoms. The van der Waals surface area contributed by atoms with Gasteiger partial charge in [0.05, 0.1) is 10.4 Å². The molecule has 2 N–H and O–H groups in total. The van der Waals surface area contributed by atoms with Crippen LogP contribution in [0.1, 0.15) is 5.56 Å². The number of hydrogen-bond donors (Lipinski definition) is 2. The van der Waals surface area contributed by atoms with Crippen LogP contribution in [0.5, 0.6) is 5.75 Å². The van der Waals surface area contributed by atoms with Crippen LogP contribution in [-0.4, -0.2) is 38.6 Å². The Morgan fingerprint density at radius 2 is 1.58 bits per heavy atom. The largest absolute Gasteiger partial charge is 0.492 e. The average Bonchev–Trinajstić information content (AvgIpc) is 3.28. The van der Waals surface area contributed by atoms with Gasteiger partial charge in [-0.2, -0.15) is 0 Å². The third kappa shape index (κ3) is 5.60. The lowest BCUT2D eigenvalue weighted by atomic mass is 10.2. The van der Waals surface area contributed by atoms with E-state index in [1.807, 2.05) is 6.07 Å². The van der Waals surface area contributed by atoms with Crippen molar-refractivity contribution < 1.29 is 17.5 Å². The lowest BCUT2D eigenvalue weighted by Crippen LogP contribution is -2.29. The van der Waals surface area contributed by atoms with E-state index in [9.17, 15) is 12.8 Å². The van der Waals surface area contributed by atoms with Gasteiger partial charge in [0.25, 0.3) is 10.0 Å². The summed E-state index contributed by atoms with van der Waals surface area (Å²) in [4.78, 5) is 0.242. The van der Waals surface area contributed by atoms with Crippen molar-refractivity contribution in [2.45, 2.75) is 11.4 Å². The summed E-state index contributed by atoms with van der Waals surface area (Å²) in [6.45, 7) is 3.32. The summed E-state index contributed by atoms with van der Waals surface area (Å²) in [7, 11) is -3.68. The summed E-state index contributed by atoms with van der Waals surface area (Å²) >= 11 is 0. The van der Waals surface area contributed by atoms with E-state index >= 15 is 0 Å². The molecule has 0 aliphatic rings. The molecule has 172 valence electrons. The Balaban J connectivity index is 1.27. The lowest BCUT2D eigenvalue weighted by molar-refractivity contribution is 0.317. The molecular weight excluding hydrogens is 441 g/mol. The number of halogens is 1. The third-order valence-corrected chi connectivity index (χ3v) is 6.92. The predicted molar refractivity (Wildman–Crippen MR) is 127 cm³/mol. The summed E-state index contributed by atoms with van der Waals surface area (Å²) in [6.07, 6.45) is 1.56. The quantitative estimate of drug-likeness (QED) is 0.329. The van der Waals surface area contributed by atoms with E-state index in [0.29, 0.717) is 31.0 Å². The number of nitrogens with zero attached hydrogens (tertiary/aromatic N) is 1. The smallest absolute Gasteiger partial charge is 0.268 e. The molecule has 0 fully saturated rings. The molecule has 4 aromatic rings. The van der Waals surface area contributed by atoms with E-state index < -0.39 is 10.0 Å². The number of hydrogen-bond acceptors (Lipinski definition) is 5. The Labute approximate surface area is 193 Å². The molecule has 0 aliphatic heterocycles. The predicted octanol–water partition coefficient (Wildman–Crippen LogP) is 3.78. The van der Waals surface area contributed by atoms with Gasteiger partial charge < -0.3 is 15.4 Å². The molecule has 0 aliphatic carbocycles. The fourth-order valence-corrected chi connectivity index (χ4v) is 4.89. The number of fused-ring (bicyclic) bond motifs is 1. The molecule has 0 amide bonds. The van der Waals surface area contributed by atoms with Crippen LogP contribution in [0.25, 0.3) is 10.9 Å². The van der Waals surface area contributed by atoms with E-state index in [1.165, 1.54) is 16.1 Å². The Morgan fingerprint density at radius 1 is 0.818 bits per heavy atom. The van der Waals surface area contributed by atoms with Crippen LogP contribution in [0.15, 0.2) is 90.0 Å². The fraction of sp³-hybridized carbons (Fsp3) is 0.200. The number of ether oxygens (including phenoxy) is 1. The van der Waals surface area contributed by atoms with Gasteiger partial charge >= 0.3 is 0 Å². The Hall–Kier alpha value is -3.20. The molecule has 0 radical (unpaired) electrons. The van der Waals surface area contributed by atoms with Crippen molar-refractivity contribution >= 4 is 20.9 Å². The fourth-order valence-electron chi connectivity index (χ4n) is 3.53. The molecule has 1 heterocycles. The summed E-state index contributed by atoms with van der Waals surface area (Å²) in [6, 6.07) is 22.0. The first-order valence-electron chi connectivity index (χ1n) is 10.7. The molecule has 0 saturated carbocycles. The van der Waals surface area contributed by atoms with Gasteiger partial charge in [0, 0.05) is 37.8 Å². The Kier molecular flexibility index (Phi) is 7.39. The van der Waals surface area contributed by atoms with Gasteiger partial charge in [-0.15, -0.1) is 0 Å². The highest BCUT2D eigenvalue weighted by atomic mass is 32.2. The van der Waals surface area contributed by atoms with Crippen molar-refractivity contribution in [1.29, 1.82) is 0 Å². The topological polar surface area (TPSA) is 72.4 Å². The SMILES string of the molecule is O=S(=O)(c1ccccc1)n1ccc2c(OCCNCCNCc3ccc(F)cc3)cccc21. The van der Waals surface area contributed by atoms with E-state index in [0.717, 1.165) is 24.0 Å². The number of benzene rings is 3. The van der Waals surface area contributed by atoms with Gasteiger partial charge in [-0.3, -0.25) is 0 Å². The second-order valence-electron chi connectivity index (χ2n) is 7.52. The molecular formula is C25H26FN3O3S. The van der Waals surface area contributed by atoms with E-state index in [2.05, 4.69) is 10.6 Å². The van der Waals surface area contributed by atoms with Gasteiger partial charge in [-0.1, -0.05) is 36.4 Å². The molecule has 4 rings (SSSR count). The van der Waals surface area contributed by atoms with Gasteiger partial charge in [0.2, 0.25) is 0 Å². The van der Waals surface area contributed by atoms with Gasteiger partial charge in [0.15, 0.2) is 0 Å². The van der Waals surface area contributed by atoms with Gasteiger partial charge in [0.1, 0.15) is 18.2 Å². The molecule has 6 nitrogen and oxygen atoms in total. The van der Waals surface area contributed by atoms with Crippen LogP contribution in [0.4, 0.5) is 4.39 Å². The highest BCUT2D eigenvalue weighted by Gasteiger charge is 2.19. The highest BCUT2D eigenvalue weighted by molar-refractivity contribution is 7.90. The number of rotatable bonds is 11. The first-order valence-corrected chi connectivity index (χ1v) is 12.2. The van der Waals surface area contributed by atoms with Crippen molar-refractivity contribution in [3.8, 4) is 5.75 Å². The summed E-state index contributed by atoms with van der Waals surface area (Å²) in [5.74, 6) is 0.413. The first kappa shape index (κ1) is 23.0. The second-order valence-corrected chi connectivity index (χ2v) is 9.34.